The Morgan fingerprint density at radius 1 is 1.20 bits per heavy atom. The number of benzene rings is 1. The number of thiophene rings is 1. The molecule has 1 amide bonds. The average molecular weight is 285 g/mol. The Bertz CT molecular complexity index is 614. The molecule has 0 bridgehead atoms. The van der Waals surface area contributed by atoms with Crippen LogP contribution in [-0.2, 0) is 0 Å². The molecule has 2 aromatic rings. The maximum absolute atomic E-state index is 12.4. The van der Waals surface area contributed by atoms with Gasteiger partial charge in [-0.3, -0.25) is 4.79 Å². The lowest BCUT2D eigenvalue weighted by molar-refractivity contribution is 0.0747. The van der Waals surface area contributed by atoms with Gasteiger partial charge < -0.3 is 4.90 Å². The fraction of sp³-hybridized carbons (Fsp3) is 0.353. The minimum atomic E-state index is 0.170. The number of carbonyl (C=O) groups excluding carboxylic acids is 1. The van der Waals surface area contributed by atoms with E-state index in [9.17, 15) is 4.79 Å². The van der Waals surface area contributed by atoms with Crippen LogP contribution < -0.4 is 0 Å². The highest BCUT2D eigenvalue weighted by Gasteiger charge is 2.25. The molecule has 2 nitrogen and oxygen atoms in total. The van der Waals surface area contributed by atoms with Crippen molar-refractivity contribution in [1.82, 2.24) is 4.90 Å². The van der Waals surface area contributed by atoms with Gasteiger partial charge in [-0.15, -0.1) is 11.3 Å². The molecule has 1 aliphatic rings. The van der Waals surface area contributed by atoms with E-state index in [1.165, 1.54) is 15.3 Å². The van der Waals surface area contributed by atoms with E-state index in [4.69, 9.17) is 0 Å². The van der Waals surface area contributed by atoms with Gasteiger partial charge in [0.15, 0.2) is 0 Å². The van der Waals surface area contributed by atoms with Crippen molar-refractivity contribution in [2.75, 3.05) is 6.54 Å². The third-order valence-electron chi connectivity index (χ3n) is 3.97. The van der Waals surface area contributed by atoms with Crippen LogP contribution in [-0.4, -0.2) is 23.4 Å². The van der Waals surface area contributed by atoms with Crippen molar-refractivity contribution >= 4 is 17.2 Å². The molecule has 1 unspecified atom stereocenters. The third-order valence-corrected chi connectivity index (χ3v) is 5.02. The van der Waals surface area contributed by atoms with Gasteiger partial charge in [0.05, 0.1) is 0 Å². The van der Waals surface area contributed by atoms with E-state index >= 15 is 0 Å². The molecule has 1 aromatic carbocycles. The van der Waals surface area contributed by atoms with Crippen molar-refractivity contribution in [3.8, 4) is 10.4 Å². The number of rotatable bonds is 2. The molecule has 0 saturated carbocycles. The number of carbonyl (C=O) groups is 1. The number of nitrogens with zero attached hydrogens (tertiary/aromatic N) is 1. The molecule has 20 heavy (non-hydrogen) atoms. The van der Waals surface area contributed by atoms with Crippen LogP contribution in [0.3, 0.4) is 0 Å². The van der Waals surface area contributed by atoms with Gasteiger partial charge >= 0.3 is 0 Å². The van der Waals surface area contributed by atoms with E-state index < -0.39 is 0 Å². The van der Waals surface area contributed by atoms with Crippen LogP contribution in [0.4, 0.5) is 0 Å². The number of hydrogen-bond donors (Lipinski definition) is 0. The van der Waals surface area contributed by atoms with Gasteiger partial charge in [-0.1, -0.05) is 12.1 Å². The maximum atomic E-state index is 12.4. The first-order valence-corrected chi connectivity index (χ1v) is 7.94. The van der Waals surface area contributed by atoms with Crippen LogP contribution in [0, 0.1) is 6.92 Å². The molecule has 1 aliphatic heterocycles. The number of hydrogen-bond acceptors (Lipinski definition) is 2. The largest absolute Gasteiger partial charge is 0.336 e. The summed E-state index contributed by atoms with van der Waals surface area (Å²) in [6.07, 6.45) is 2.25. The summed E-state index contributed by atoms with van der Waals surface area (Å²) in [4.78, 5) is 17.0. The van der Waals surface area contributed by atoms with Gasteiger partial charge in [-0.25, -0.2) is 0 Å². The first kappa shape index (κ1) is 13.4. The summed E-state index contributed by atoms with van der Waals surface area (Å²) < 4.78 is 0. The predicted molar refractivity (Wildman–Crippen MR) is 84.2 cm³/mol. The number of amides is 1. The van der Waals surface area contributed by atoms with E-state index in [-0.39, 0.29) is 5.91 Å². The summed E-state index contributed by atoms with van der Waals surface area (Å²) in [6, 6.07) is 12.7. The summed E-state index contributed by atoms with van der Waals surface area (Å²) >= 11 is 1.79. The van der Waals surface area contributed by atoms with E-state index in [0.29, 0.717) is 6.04 Å². The van der Waals surface area contributed by atoms with Crippen molar-refractivity contribution in [2.24, 2.45) is 0 Å². The monoisotopic (exact) mass is 285 g/mol. The zero-order valence-corrected chi connectivity index (χ0v) is 12.7. The fourth-order valence-electron chi connectivity index (χ4n) is 2.77. The molecule has 0 spiro atoms. The van der Waals surface area contributed by atoms with Gasteiger partial charge in [0.2, 0.25) is 0 Å². The Balaban J connectivity index is 1.81. The quantitative estimate of drug-likeness (QED) is 0.803. The lowest BCUT2D eigenvalue weighted by Gasteiger charge is -2.21. The highest BCUT2D eigenvalue weighted by molar-refractivity contribution is 7.15. The normalized spacial score (nSPS) is 18.5. The van der Waals surface area contributed by atoms with Gasteiger partial charge in [0, 0.05) is 27.9 Å². The van der Waals surface area contributed by atoms with Crippen LogP contribution >= 0.6 is 11.3 Å². The fourth-order valence-corrected chi connectivity index (χ4v) is 3.64. The summed E-state index contributed by atoms with van der Waals surface area (Å²) in [5.74, 6) is 0.170. The minimum Gasteiger partial charge on any atom is -0.336 e. The molecule has 2 heterocycles. The molecule has 1 fully saturated rings. The average Bonchev–Trinajstić information content (AvgIpc) is 3.07. The predicted octanol–water partition coefficient (Wildman–Crippen LogP) is 4.35. The van der Waals surface area contributed by atoms with Crippen molar-refractivity contribution in [3.05, 3.63) is 46.8 Å². The van der Waals surface area contributed by atoms with E-state index in [2.05, 4.69) is 38.1 Å². The molecule has 104 valence electrons. The third kappa shape index (κ3) is 2.50. The Labute approximate surface area is 124 Å². The Morgan fingerprint density at radius 2 is 1.95 bits per heavy atom. The summed E-state index contributed by atoms with van der Waals surface area (Å²) in [6.45, 7) is 5.14. The van der Waals surface area contributed by atoms with Crippen LogP contribution in [0.1, 0.15) is 35.0 Å². The van der Waals surface area contributed by atoms with E-state index in [1.807, 2.05) is 17.0 Å². The molecule has 0 aliphatic carbocycles. The highest BCUT2D eigenvalue weighted by atomic mass is 32.1. The zero-order chi connectivity index (χ0) is 14.1. The summed E-state index contributed by atoms with van der Waals surface area (Å²) in [5.41, 5.74) is 1.99. The first-order chi connectivity index (χ1) is 9.65. The van der Waals surface area contributed by atoms with E-state index in [0.717, 1.165) is 24.9 Å². The minimum absolute atomic E-state index is 0.170. The molecular weight excluding hydrogens is 266 g/mol. The smallest absolute Gasteiger partial charge is 0.254 e. The van der Waals surface area contributed by atoms with Crippen molar-refractivity contribution in [2.45, 2.75) is 32.7 Å². The summed E-state index contributed by atoms with van der Waals surface area (Å²) in [5, 5.41) is 0. The van der Waals surface area contributed by atoms with Crippen LogP contribution in [0.5, 0.6) is 0 Å². The van der Waals surface area contributed by atoms with E-state index in [1.54, 1.807) is 11.3 Å². The zero-order valence-electron chi connectivity index (χ0n) is 11.9. The molecule has 3 heteroatoms. The van der Waals surface area contributed by atoms with Crippen LogP contribution in [0.15, 0.2) is 36.4 Å². The summed E-state index contributed by atoms with van der Waals surface area (Å²) in [7, 11) is 0. The molecule has 1 saturated heterocycles. The van der Waals surface area contributed by atoms with Gasteiger partial charge in [0.1, 0.15) is 0 Å². The molecule has 1 aromatic heterocycles. The standard InChI is InChI=1S/C17H19NOS/c1-12-4-3-11-18(12)17(19)15-8-6-14(7-9-15)16-10-5-13(2)20-16/h5-10,12H,3-4,11H2,1-2H3. The van der Waals surface area contributed by atoms with Crippen molar-refractivity contribution < 1.29 is 4.79 Å². The van der Waals surface area contributed by atoms with Crippen molar-refractivity contribution in [3.63, 3.8) is 0 Å². The molecular formula is C17H19NOS. The Hall–Kier alpha value is -1.61. The second-order valence-corrected chi connectivity index (χ2v) is 6.77. The lowest BCUT2D eigenvalue weighted by atomic mass is 10.1. The van der Waals surface area contributed by atoms with Gasteiger partial charge in [-0.2, -0.15) is 0 Å². The Morgan fingerprint density at radius 3 is 2.50 bits per heavy atom. The van der Waals surface area contributed by atoms with Crippen LogP contribution in [0.2, 0.25) is 0 Å². The topological polar surface area (TPSA) is 20.3 Å². The molecule has 3 rings (SSSR count). The van der Waals surface area contributed by atoms with Gasteiger partial charge in [0.25, 0.3) is 5.91 Å². The second kappa shape index (κ2) is 5.41. The Kier molecular flexibility index (Phi) is 3.62. The number of aryl methyl sites for hydroxylation is 1. The van der Waals surface area contributed by atoms with Gasteiger partial charge in [-0.05, 0) is 56.5 Å². The lowest BCUT2D eigenvalue weighted by Crippen LogP contribution is -2.33. The van der Waals surface area contributed by atoms with Crippen molar-refractivity contribution in [1.29, 1.82) is 0 Å². The maximum Gasteiger partial charge on any atom is 0.254 e. The molecule has 0 N–H and O–H groups in total. The second-order valence-electron chi connectivity index (χ2n) is 5.48. The SMILES string of the molecule is Cc1ccc(-c2ccc(C(=O)N3CCCC3C)cc2)s1. The first-order valence-electron chi connectivity index (χ1n) is 7.13. The highest BCUT2D eigenvalue weighted by Crippen LogP contribution is 2.28. The van der Waals surface area contributed by atoms with Crippen LogP contribution in [0.25, 0.3) is 10.4 Å². The molecule has 0 radical (unpaired) electrons. The number of likely N-dealkylation sites (tertiary alicyclic amines) is 1. The molecule has 1 atom stereocenters.